The van der Waals surface area contributed by atoms with E-state index in [1.807, 2.05) is 0 Å². The number of carbonyl (C=O) groups is 1. The first-order valence-electron chi connectivity index (χ1n) is 4.36. The molecule has 1 heterocycles. The normalized spacial score (nSPS) is 10.8. The van der Waals surface area contributed by atoms with Crippen LogP contribution in [0.2, 0.25) is 4.34 Å². The number of azide groups is 1. The number of nitrogens with zero attached hydrogens (tertiary/aromatic N) is 3. The van der Waals surface area contributed by atoms with Gasteiger partial charge in [0.25, 0.3) is 0 Å². The van der Waals surface area contributed by atoms with Gasteiger partial charge in [-0.25, -0.2) is 4.79 Å². The predicted octanol–water partition coefficient (Wildman–Crippen LogP) is 3.62. The summed E-state index contributed by atoms with van der Waals surface area (Å²) >= 11 is 7.01. The Bertz CT molecular complexity index is 463. The fourth-order valence-electron chi connectivity index (χ4n) is 0.922. The topological polar surface area (TPSA) is 75.1 Å². The molecule has 0 radical (unpaired) electrons. The van der Waals surface area contributed by atoms with Crippen molar-refractivity contribution in [2.75, 3.05) is 6.61 Å². The van der Waals surface area contributed by atoms with Crippen molar-refractivity contribution in [2.24, 2.45) is 5.11 Å². The van der Waals surface area contributed by atoms with E-state index in [1.54, 1.807) is 19.1 Å². The average Bonchev–Trinajstić information content (AvgIpc) is 2.64. The zero-order valence-corrected chi connectivity index (χ0v) is 9.96. The number of hydrogen-bond donors (Lipinski definition) is 0. The van der Waals surface area contributed by atoms with Crippen molar-refractivity contribution >= 4 is 35.0 Å². The highest BCUT2D eigenvalue weighted by atomic mass is 35.5. The Labute approximate surface area is 101 Å². The molecule has 1 aromatic rings. The van der Waals surface area contributed by atoms with Crippen LogP contribution in [0, 0.1) is 0 Å². The predicted molar refractivity (Wildman–Crippen MR) is 63.1 cm³/mol. The lowest BCUT2D eigenvalue weighted by atomic mass is 10.3. The Balaban J connectivity index is 2.97. The first-order valence-corrected chi connectivity index (χ1v) is 5.56. The van der Waals surface area contributed by atoms with Gasteiger partial charge in [0.1, 0.15) is 5.70 Å². The van der Waals surface area contributed by atoms with Crippen molar-refractivity contribution in [3.8, 4) is 0 Å². The number of hydrogen-bond acceptors (Lipinski definition) is 4. The second-order valence-electron chi connectivity index (χ2n) is 2.58. The van der Waals surface area contributed by atoms with E-state index in [9.17, 15) is 4.79 Å². The molecule has 0 aliphatic rings. The standard InChI is InChI=1S/C9H8ClN3O2S/c1-2-15-9(14)7(12-13-11)5-6-3-4-8(10)16-6/h3-5H,2H2,1H3/b7-5-. The Morgan fingerprint density at radius 2 is 2.50 bits per heavy atom. The van der Waals surface area contributed by atoms with Crippen molar-refractivity contribution in [3.05, 3.63) is 37.5 Å². The van der Waals surface area contributed by atoms with Gasteiger partial charge in [0.05, 0.1) is 10.9 Å². The van der Waals surface area contributed by atoms with Crippen molar-refractivity contribution < 1.29 is 9.53 Å². The van der Waals surface area contributed by atoms with Gasteiger partial charge in [-0.05, 0) is 30.7 Å². The van der Waals surface area contributed by atoms with E-state index >= 15 is 0 Å². The highest BCUT2D eigenvalue weighted by molar-refractivity contribution is 7.17. The number of ether oxygens (including phenoxy) is 1. The smallest absolute Gasteiger partial charge is 0.340 e. The summed E-state index contributed by atoms with van der Waals surface area (Å²) in [6, 6.07) is 3.41. The molecule has 0 unspecified atom stereocenters. The van der Waals surface area contributed by atoms with Gasteiger partial charge in [0, 0.05) is 9.79 Å². The van der Waals surface area contributed by atoms with Crippen LogP contribution < -0.4 is 0 Å². The molecule has 1 rings (SSSR count). The molecule has 0 aliphatic heterocycles. The zero-order chi connectivity index (χ0) is 12.0. The van der Waals surface area contributed by atoms with E-state index in [4.69, 9.17) is 21.9 Å². The lowest BCUT2D eigenvalue weighted by molar-refractivity contribution is -0.138. The highest BCUT2D eigenvalue weighted by Gasteiger charge is 2.09. The molecule has 7 heteroatoms. The van der Waals surface area contributed by atoms with E-state index in [2.05, 4.69) is 10.0 Å². The number of halogens is 1. The van der Waals surface area contributed by atoms with Crippen LogP contribution in [0.1, 0.15) is 11.8 Å². The van der Waals surface area contributed by atoms with Crippen LogP contribution in [0.5, 0.6) is 0 Å². The molecule has 0 saturated carbocycles. The second kappa shape index (κ2) is 6.17. The Hall–Kier alpha value is -1.49. The summed E-state index contributed by atoms with van der Waals surface area (Å²) in [6.07, 6.45) is 1.44. The van der Waals surface area contributed by atoms with Gasteiger partial charge in [0.15, 0.2) is 0 Å². The van der Waals surface area contributed by atoms with Gasteiger partial charge in [-0.1, -0.05) is 16.7 Å². The van der Waals surface area contributed by atoms with Crippen LogP contribution in [-0.4, -0.2) is 12.6 Å². The van der Waals surface area contributed by atoms with Crippen molar-refractivity contribution in [1.82, 2.24) is 0 Å². The maximum absolute atomic E-state index is 11.4. The maximum Gasteiger partial charge on any atom is 0.340 e. The second-order valence-corrected chi connectivity index (χ2v) is 4.33. The molecule has 84 valence electrons. The zero-order valence-electron chi connectivity index (χ0n) is 8.38. The molecular weight excluding hydrogens is 250 g/mol. The van der Waals surface area contributed by atoms with Gasteiger partial charge in [0.2, 0.25) is 0 Å². The van der Waals surface area contributed by atoms with Gasteiger partial charge < -0.3 is 4.74 Å². The fourth-order valence-corrected chi connectivity index (χ4v) is 1.92. The molecule has 0 amide bonds. The van der Waals surface area contributed by atoms with Crippen molar-refractivity contribution in [2.45, 2.75) is 6.92 Å². The fraction of sp³-hybridized carbons (Fsp3) is 0.222. The molecule has 0 bridgehead atoms. The summed E-state index contributed by atoms with van der Waals surface area (Å²) in [6.45, 7) is 1.90. The molecule has 0 spiro atoms. The molecule has 16 heavy (non-hydrogen) atoms. The van der Waals surface area contributed by atoms with Crippen LogP contribution in [-0.2, 0) is 9.53 Å². The van der Waals surface area contributed by atoms with Gasteiger partial charge in [-0.3, -0.25) is 0 Å². The van der Waals surface area contributed by atoms with Gasteiger partial charge >= 0.3 is 5.97 Å². The van der Waals surface area contributed by atoms with Gasteiger partial charge in [-0.2, -0.15) is 0 Å². The lowest BCUT2D eigenvalue weighted by Crippen LogP contribution is -2.05. The number of rotatable bonds is 4. The SMILES string of the molecule is CCOC(=O)/C(=C/c1ccc(Cl)s1)N=[N+]=[N-]. The summed E-state index contributed by atoms with van der Waals surface area (Å²) in [4.78, 5) is 14.7. The highest BCUT2D eigenvalue weighted by Crippen LogP contribution is 2.24. The number of thiophene rings is 1. The molecule has 0 N–H and O–H groups in total. The third-order valence-corrected chi connectivity index (χ3v) is 2.69. The summed E-state index contributed by atoms with van der Waals surface area (Å²) in [7, 11) is 0. The van der Waals surface area contributed by atoms with E-state index in [0.29, 0.717) is 4.34 Å². The molecule has 0 aromatic carbocycles. The third-order valence-electron chi connectivity index (χ3n) is 1.51. The largest absolute Gasteiger partial charge is 0.462 e. The van der Waals surface area contributed by atoms with Crippen LogP contribution in [0.3, 0.4) is 0 Å². The summed E-state index contributed by atoms with van der Waals surface area (Å²) in [5, 5.41) is 3.28. The molecular formula is C9H8ClN3O2S. The van der Waals surface area contributed by atoms with Crippen molar-refractivity contribution in [3.63, 3.8) is 0 Å². The van der Waals surface area contributed by atoms with Crippen molar-refractivity contribution in [1.29, 1.82) is 0 Å². The van der Waals surface area contributed by atoms with E-state index < -0.39 is 5.97 Å². The minimum absolute atomic E-state index is 0.0807. The molecule has 5 nitrogen and oxygen atoms in total. The molecule has 1 aromatic heterocycles. The van der Waals surface area contributed by atoms with Crippen LogP contribution >= 0.6 is 22.9 Å². The molecule has 0 aliphatic carbocycles. The molecule has 0 atom stereocenters. The summed E-state index contributed by atoms with van der Waals surface area (Å²) in [5.41, 5.74) is 8.24. The van der Waals surface area contributed by atoms with E-state index in [1.165, 1.54) is 17.4 Å². The number of esters is 1. The van der Waals surface area contributed by atoms with Gasteiger partial charge in [-0.15, -0.1) is 11.3 Å². The number of carbonyl (C=O) groups excluding carboxylic acids is 1. The minimum atomic E-state index is -0.648. The Kier molecular flexibility index (Phi) is 4.85. The third kappa shape index (κ3) is 3.58. The lowest BCUT2D eigenvalue weighted by Gasteiger charge is -1.99. The molecule has 0 saturated heterocycles. The molecule has 0 fully saturated rings. The summed E-state index contributed by atoms with van der Waals surface area (Å²) in [5.74, 6) is -0.648. The van der Waals surface area contributed by atoms with E-state index in [-0.39, 0.29) is 12.3 Å². The summed E-state index contributed by atoms with van der Waals surface area (Å²) < 4.78 is 5.33. The average molecular weight is 258 g/mol. The first-order chi connectivity index (χ1) is 7.67. The Morgan fingerprint density at radius 3 is 3.00 bits per heavy atom. The van der Waals surface area contributed by atoms with Crippen LogP contribution in [0.15, 0.2) is 22.9 Å². The Morgan fingerprint density at radius 1 is 1.75 bits per heavy atom. The maximum atomic E-state index is 11.4. The van der Waals surface area contributed by atoms with Crippen LogP contribution in [0.4, 0.5) is 0 Å². The van der Waals surface area contributed by atoms with E-state index in [0.717, 1.165) is 4.88 Å². The van der Waals surface area contributed by atoms with Crippen LogP contribution in [0.25, 0.3) is 16.5 Å². The minimum Gasteiger partial charge on any atom is -0.462 e. The monoisotopic (exact) mass is 257 g/mol. The first kappa shape index (κ1) is 12.6. The quantitative estimate of drug-likeness (QED) is 0.272.